The molecule has 1 aliphatic heterocycles. The van der Waals surface area contributed by atoms with Crippen molar-refractivity contribution in [3.8, 4) is 5.75 Å². The fourth-order valence-electron chi connectivity index (χ4n) is 2.11. The highest BCUT2D eigenvalue weighted by molar-refractivity contribution is 6.00. The molecule has 98 valence electrons. The first-order valence-electron chi connectivity index (χ1n) is 5.95. The number of nitrogens with zero attached hydrogens (tertiary/aromatic N) is 1. The number of β-amino-alcohol motifs (C(OH)–C–C–N with tert-alkyl or cyclic N) is 1. The van der Waals surface area contributed by atoms with Crippen LogP contribution in [0.25, 0.3) is 0 Å². The molecule has 0 bridgehead atoms. The van der Waals surface area contributed by atoms with Crippen molar-refractivity contribution in [1.29, 1.82) is 0 Å². The number of likely N-dealkylation sites (tertiary alicyclic amines) is 1. The Morgan fingerprint density at radius 2 is 2.22 bits per heavy atom. The van der Waals surface area contributed by atoms with Crippen LogP contribution >= 0.6 is 0 Å². The molecule has 5 heteroatoms. The molecule has 0 atom stereocenters. The van der Waals surface area contributed by atoms with Crippen LogP contribution in [0.15, 0.2) is 18.2 Å². The molecule has 1 aliphatic rings. The van der Waals surface area contributed by atoms with E-state index in [9.17, 15) is 9.90 Å². The highest BCUT2D eigenvalue weighted by Gasteiger charge is 2.42. The molecule has 0 radical (unpaired) electrons. The SMILES string of the molecule is CCC1(O)CN(C(=O)c2cccc(OC)c2N)C1. The van der Waals surface area contributed by atoms with Crippen molar-refractivity contribution in [1.82, 2.24) is 4.90 Å². The van der Waals surface area contributed by atoms with E-state index in [4.69, 9.17) is 10.5 Å². The number of benzene rings is 1. The third-order valence-corrected chi connectivity index (χ3v) is 3.43. The summed E-state index contributed by atoms with van der Waals surface area (Å²) in [4.78, 5) is 13.8. The fraction of sp³-hybridized carbons (Fsp3) is 0.462. The van der Waals surface area contributed by atoms with Gasteiger partial charge in [-0.1, -0.05) is 13.0 Å². The van der Waals surface area contributed by atoms with Crippen molar-refractivity contribution < 1.29 is 14.6 Å². The number of anilines is 1. The first-order chi connectivity index (χ1) is 8.50. The van der Waals surface area contributed by atoms with Gasteiger partial charge in [0.1, 0.15) is 5.75 Å². The second-order valence-electron chi connectivity index (χ2n) is 4.66. The van der Waals surface area contributed by atoms with Gasteiger partial charge >= 0.3 is 0 Å². The second kappa shape index (κ2) is 4.49. The van der Waals surface area contributed by atoms with Crippen molar-refractivity contribution in [2.75, 3.05) is 25.9 Å². The summed E-state index contributed by atoms with van der Waals surface area (Å²) in [6, 6.07) is 5.11. The highest BCUT2D eigenvalue weighted by atomic mass is 16.5. The molecule has 1 aromatic rings. The number of nitrogen functional groups attached to an aromatic ring is 1. The molecule has 0 spiro atoms. The van der Waals surface area contributed by atoms with Gasteiger partial charge in [0, 0.05) is 0 Å². The van der Waals surface area contributed by atoms with Crippen molar-refractivity contribution in [2.24, 2.45) is 0 Å². The fourth-order valence-corrected chi connectivity index (χ4v) is 2.11. The number of ether oxygens (including phenoxy) is 1. The molecule has 3 N–H and O–H groups in total. The number of hydrogen-bond acceptors (Lipinski definition) is 4. The first-order valence-corrected chi connectivity index (χ1v) is 5.95. The lowest BCUT2D eigenvalue weighted by Crippen LogP contribution is -2.63. The van der Waals surface area contributed by atoms with Crippen LogP contribution in [-0.2, 0) is 0 Å². The average Bonchev–Trinajstić information content (AvgIpc) is 2.34. The van der Waals surface area contributed by atoms with Crippen LogP contribution in [0, 0.1) is 0 Å². The monoisotopic (exact) mass is 250 g/mol. The summed E-state index contributed by atoms with van der Waals surface area (Å²) in [6.45, 7) is 2.62. The van der Waals surface area contributed by atoms with Crippen LogP contribution in [0.2, 0.25) is 0 Å². The van der Waals surface area contributed by atoms with Gasteiger partial charge in [-0.3, -0.25) is 4.79 Å². The van der Waals surface area contributed by atoms with Gasteiger partial charge in [0.15, 0.2) is 0 Å². The van der Waals surface area contributed by atoms with Crippen molar-refractivity contribution in [2.45, 2.75) is 18.9 Å². The number of carbonyl (C=O) groups excluding carboxylic acids is 1. The summed E-state index contributed by atoms with van der Waals surface area (Å²) < 4.78 is 5.08. The quantitative estimate of drug-likeness (QED) is 0.781. The van der Waals surface area contributed by atoms with E-state index in [0.717, 1.165) is 0 Å². The Morgan fingerprint density at radius 3 is 2.78 bits per heavy atom. The molecule has 5 nitrogen and oxygen atoms in total. The van der Waals surface area contributed by atoms with Crippen LogP contribution in [0.5, 0.6) is 5.75 Å². The van der Waals surface area contributed by atoms with E-state index in [1.54, 1.807) is 23.1 Å². The normalized spacial score (nSPS) is 17.2. The predicted octanol–water partition coefficient (Wildman–Crippen LogP) is 0.874. The number of hydrogen-bond donors (Lipinski definition) is 2. The van der Waals surface area contributed by atoms with E-state index in [1.165, 1.54) is 7.11 Å². The van der Waals surface area contributed by atoms with Gasteiger partial charge < -0.3 is 20.5 Å². The number of rotatable bonds is 3. The van der Waals surface area contributed by atoms with Crippen LogP contribution in [0.4, 0.5) is 5.69 Å². The zero-order valence-corrected chi connectivity index (χ0v) is 10.6. The maximum absolute atomic E-state index is 12.2. The van der Waals surface area contributed by atoms with Gasteiger partial charge in [-0.05, 0) is 18.6 Å². The molecule has 1 amide bonds. The Morgan fingerprint density at radius 1 is 1.56 bits per heavy atom. The predicted molar refractivity (Wildman–Crippen MR) is 68.6 cm³/mol. The number of nitrogens with two attached hydrogens (primary N) is 1. The zero-order chi connectivity index (χ0) is 13.3. The van der Waals surface area contributed by atoms with E-state index < -0.39 is 5.60 Å². The molecular weight excluding hydrogens is 232 g/mol. The number of aliphatic hydroxyl groups is 1. The third kappa shape index (κ3) is 2.01. The summed E-state index contributed by atoms with van der Waals surface area (Å²) in [7, 11) is 1.51. The molecule has 18 heavy (non-hydrogen) atoms. The van der Waals surface area contributed by atoms with E-state index >= 15 is 0 Å². The van der Waals surface area contributed by atoms with Crippen molar-refractivity contribution in [3.05, 3.63) is 23.8 Å². The summed E-state index contributed by atoms with van der Waals surface area (Å²) >= 11 is 0. The summed E-state index contributed by atoms with van der Waals surface area (Å²) in [5.74, 6) is 0.330. The molecule has 0 aromatic heterocycles. The summed E-state index contributed by atoms with van der Waals surface area (Å²) in [6.07, 6.45) is 0.643. The van der Waals surface area contributed by atoms with Gasteiger partial charge in [-0.25, -0.2) is 0 Å². The lowest BCUT2D eigenvalue weighted by Gasteiger charge is -2.46. The number of para-hydroxylation sites is 1. The molecule has 0 saturated carbocycles. The molecule has 1 aromatic carbocycles. The van der Waals surface area contributed by atoms with Gasteiger partial charge in [0.2, 0.25) is 0 Å². The molecule has 1 saturated heterocycles. The Kier molecular flexibility index (Phi) is 3.17. The zero-order valence-electron chi connectivity index (χ0n) is 10.6. The standard InChI is InChI=1S/C13H18N2O3/c1-3-13(17)7-15(8-13)12(16)9-5-4-6-10(18-2)11(9)14/h4-6,17H,3,7-8,14H2,1-2H3. The first kappa shape index (κ1) is 12.7. The topological polar surface area (TPSA) is 75.8 Å². The molecular formula is C13H18N2O3. The molecule has 0 unspecified atom stereocenters. The Balaban J connectivity index is 2.16. The van der Waals surface area contributed by atoms with Gasteiger partial charge in [0.25, 0.3) is 5.91 Å². The number of carbonyl (C=O) groups is 1. The lowest BCUT2D eigenvalue weighted by atomic mass is 9.90. The number of methoxy groups -OCH3 is 1. The number of amides is 1. The Bertz CT molecular complexity index is 467. The Labute approximate surface area is 106 Å². The van der Waals surface area contributed by atoms with Crippen LogP contribution in [0.3, 0.4) is 0 Å². The minimum absolute atomic E-state index is 0.162. The maximum atomic E-state index is 12.2. The van der Waals surface area contributed by atoms with Gasteiger partial charge in [0.05, 0.1) is 37.1 Å². The van der Waals surface area contributed by atoms with Gasteiger partial charge in [-0.2, -0.15) is 0 Å². The van der Waals surface area contributed by atoms with Crippen molar-refractivity contribution >= 4 is 11.6 Å². The molecule has 1 fully saturated rings. The van der Waals surface area contributed by atoms with E-state index in [2.05, 4.69) is 0 Å². The van der Waals surface area contributed by atoms with Crippen LogP contribution in [-0.4, -0.2) is 41.7 Å². The largest absolute Gasteiger partial charge is 0.495 e. The maximum Gasteiger partial charge on any atom is 0.256 e. The smallest absolute Gasteiger partial charge is 0.256 e. The lowest BCUT2D eigenvalue weighted by molar-refractivity contribution is -0.0826. The van der Waals surface area contributed by atoms with Gasteiger partial charge in [-0.15, -0.1) is 0 Å². The minimum Gasteiger partial charge on any atom is -0.495 e. The third-order valence-electron chi connectivity index (χ3n) is 3.43. The van der Waals surface area contributed by atoms with E-state index in [1.807, 2.05) is 6.92 Å². The Hall–Kier alpha value is -1.75. The minimum atomic E-state index is -0.733. The van der Waals surface area contributed by atoms with Crippen LogP contribution < -0.4 is 10.5 Å². The summed E-state index contributed by atoms with van der Waals surface area (Å²) in [5, 5.41) is 9.91. The molecule has 1 heterocycles. The van der Waals surface area contributed by atoms with Crippen LogP contribution in [0.1, 0.15) is 23.7 Å². The second-order valence-corrected chi connectivity index (χ2v) is 4.66. The summed E-state index contributed by atoms with van der Waals surface area (Å²) in [5.41, 5.74) is 5.91. The van der Waals surface area contributed by atoms with Crippen molar-refractivity contribution in [3.63, 3.8) is 0 Å². The highest BCUT2D eigenvalue weighted by Crippen LogP contribution is 2.30. The van der Waals surface area contributed by atoms with E-state index in [0.29, 0.717) is 36.5 Å². The molecule has 2 rings (SSSR count). The van der Waals surface area contributed by atoms with E-state index in [-0.39, 0.29) is 5.91 Å². The average molecular weight is 250 g/mol. The molecule has 0 aliphatic carbocycles.